The number of hydrogen-bond acceptors (Lipinski definition) is 3. The Balaban J connectivity index is 0.00000312. The molecule has 1 atom stereocenters. The van der Waals surface area contributed by atoms with E-state index in [2.05, 4.69) is 53.5 Å². The number of aliphatic imine (C=N–C) groups is 1. The zero-order valence-corrected chi connectivity index (χ0v) is 18.3. The van der Waals surface area contributed by atoms with Crippen LogP contribution in [-0.2, 0) is 27.1 Å². The van der Waals surface area contributed by atoms with Crippen molar-refractivity contribution in [2.45, 2.75) is 46.7 Å². The van der Waals surface area contributed by atoms with Gasteiger partial charge in [0.05, 0.1) is 18.4 Å². The van der Waals surface area contributed by atoms with Crippen LogP contribution < -0.4 is 10.6 Å². The molecule has 0 aliphatic heterocycles. The first kappa shape index (κ1) is 21.5. The number of nitrogens with zero attached hydrogens (tertiary/aromatic N) is 5. The summed E-state index contributed by atoms with van der Waals surface area (Å²) in [5, 5.41) is 15.5. The molecule has 140 valence electrons. The van der Waals surface area contributed by atoms with Gasteiger partial charge < -0.3 is 10.6 Å². The van der Waals surface area contributed by atoms with Gasteiger partial charge in [0.15, 0.2) is 5.96 Å². The Labute approximate surface area is 167 Å². The van der Waals surface area contributed by atoms with Crippen molar-refractivity contribution >= 4 is 29.9 Å². The summed E-state index contributed by atoms with van der Waals surface area (Å²) in [4.78, 5) is 4.65. The Bertz CT molecular complexity index is 702. The Morgan fingerprint density at radius 2 is 2.04 bits per heavy atom. The van der Waals surface area contributed by atoms with E-state index >= 15 is 0 Å². The lowest BCUT2D eigenvalue weighted by molar-refractivity contribution is 0.635. The lowest BCUT2D eigenvalue weighted by Gasteiger charge is -2.18. The predicted octanol–water partition coefficient (Wildman–Crippen LogP) is 2.07. The summed E-state index contributed by atoms with van der Waals surface area (Å²) >= 11 is 0. The van der Waals surface area contributed by atoms with E-state index in [1.807, 2.05) is 31.2 Å². The molecule has 0 bridgehead atoms. The Hall–Kier alpha value is -1.58. The van der Waals surface area contributed by atoms with Gasteiger partial charge in [-0.15, -0.1) is 24.0 Å². The van der Waals surface area contributed by atoms with Crippen molar-refractivity contribution in [3.63, 3.8) is 0 Å². The van der Waals surface area contributed by atoms with Gasteiger partial charge in [0.1, 0.15) is 0 Å². The van der Waals surface area contributed by atoms with Crippen LogP contribution >= 0.6 is 24.0 Å². The van der Waals surface area contributed by atoms with Gasteiger partial charge in [-0.2, -0.15) is 10.2 Å². The molecule has 25 heavy (non-hydrogen) atoms. The lowest BCUT2D eigenvalue weighted by Crippen LogP contribution is -2.43. The number of hydrogen-bond donors (Lipinski definition) is 2. The quantitative estimate of drug-likeness (QED) is 0.394. The van der Waals surface area contributed by atoms with E-state index in [0.717, 1.165) is 30.2 Å². The molecule has 7 nitrogen and oxygen atoms in total. The fraction of sp³-hybridized carbons (Fsp3) is 0.588. The highest BCUT2D eigenvalue weighted by Gasteiger charge is 2.14. The lowest BCUT2D eigenvalue weighted by atomic mass is 10.1. The molecule has 0 radical (unpaired) electrons. The molecule has 0 saturated heterocycles. The smallest absolute Gasteiger partial charge is 0.191 e. The zero-order chi connectivity index (χ0) is 17.7. The highest BCUT2D eigenvalue weighted by atomic mass is 127. The van der Waals surface area contributed by atoms with Crippen molar-refractivity contribution < 1.29 is 0 Å². The Morgan fingerprint density at radius 3 is 2.56 bits per heavy atom. The Kier molecular flexibility index (Phi) is 8.40. The zero-order valence-electron chi connectivity index (χ0n) is 16.0. The number of aromatic nitrogens is 4. The molecular weight excluding hydrogens is 429 g/mol. The van der Waals surface area contributed by atoms with Crippen molar-refractivity contribution in [1.82, 2.24) is 30.2 Å². The molecular formula is C17H30IN7. The average molecular weight is 459 g/mol. The summed E-state index contributed by atoms with van der Waals surface area (Å²) in [5.41, 5.74) is 4.72. The maximum Gasteiger partial charge on any atom is 0.191 e. The maximum absolute atomic E-state index is 4.65. The summed E-state index contributed by atoms with van der Waals surface area (Å²) in [7, 11) is 3.90. The maximum atomic E-state index is 4.65. The first-order valence-corrected chi connectivity index (χ1v) is 8.42. The molecule has 0 amide bonds. The third-order valence-corrected chi connectivity index (χ3v) is 4.07. The SMILES string of the molecule is CCNC(=NCc1cnn(C)c1)NC(C)Cc1c(C)nn(C)c1C.I. The minimum atomic E-state index is 0. The summed E-state index contributed by atoms with van der Waals surface area (Å²) < 4.78 is 3.74. The average Bonchev–Trinajstić information content (AvgIpc) is 3.04. The van der Waals surface area contributed by atoms with Crippen molar-refractivity contribution in [2.24, 2.45) is 19.1 Å². The van der Waals surface area contributed by atoms with Crippen molar-refractivity contribution in [2.75, 3.05) is 6.54 Å². The second-order valence-electron chi connectivity index (χ2n) is 6.24. The molecule has 0 aliphatic rings. The number of guanidine groups is 1. The topological polar surface area (TPSA) is 72.1 Å². The van der Waals surface area contributed by atoms with Crippen LogP contribution in [0.15, 0.2) is 17.4 Å². The predicted molar refractivity (Wildman–Crippen MR) is 112 cm³/mol. The number of rotatable bonds is 6. The van der Waals surface area contributed by atoms with Crippen molar-refractivity contribution in [3.05, 3.63) is 34.9 Å². The third kappa shape index (κ3) is 6.02. The van der Waals surface area contributed by atoms with Crippen LogP contribution in [0.2, 0.25) is 0 Å². The number of nitrogens with one attached hydrogen (secondary N) is 2. The first-order valence-electron chi connectivity index (χ1n) is 8.42. The molecule has 0 aliphatic carbocycles. The molecule has 0 saturated carbocycles. The molecule has 2 rings (SSSR count). The van der Waals surface area contributed by atoms with E-state index < -0.39 is 0 Å². The summed E-state index contributed by atoms with van der Waals surface area (Å²) in [6, 6.07) is 0.262. The van der Waals surface area contributed by atoms with Crippen LogP contribution in [0.25, 0.3) is 0 Å². The molecule has 0 aromatic carbocycles. The van der Waals surface area contributed by atoms with E-state index in [9.17, 15) is 0 Å². The first-order chi connectivity index (χ1) is 11.4. The van der Waals surface area contributed by atoms with E-state index in [0.29, 0.717) is 6.54 Å². The van der Waals surface area contributed by atoms with Crippen LogP contribution in [0, 0.1) is 13.8 Å². The molecule has 2 heterocycles. The Morgan fingerprint density at radius 1 is 1.32 bits per heavy atom. The fourth-order valence-corrected chi connectivity index (χ4v) is 2.75. The third-order valence-electron chi connectivity index (χ3n) is 4.07. The van der Waals surface area contributed by atoms with Crippen molar-refractivity contribution in [1.29, 1.82) is 0 Å². The molecule has 2 N–H and O–H groups in total. The minimum absolute atomic E-state index is 0. The second-order valence-corrected chi connectivity index (χ2v) is 6.24. The van der Waals surface area contributed by atoms with Crippen LogP contribution in [0.4, 0.5) is 0 Å². The van der Waals surface area contributed by atoms with Gasteiger partial charge in [0, 0.05) is 44.1 Å². The number of halogens is 1. The summed E-state index contributed by atoms with van der Waals surface area (Å²) in [6.45, 7) is 9.86. The van der Waals surface area contributed by atoms with Crippen LogP contribution in [0.3, 0.4) is 0 Å². The van der Waals surface area contributed by atoms with Gasteiger partial charge in [-0.25, -0.2) is 4.99 Å². The van der Waals surface area contributed by atoms with E-state index in [1.165, 1.54) is 11.3 Å². The largest absolute Gasteiger partial charge is 0.357 e. The van der Waals surface area contributed by atoms with Crippen LogP contribution in [0.5, 0.6) is 0 Å². The van der Waals surface area contributed by atoms with Gasteiger partial charge >= 0.3 is 0 Å². The minimum Gasteiger partial charge on any atom is -0.357 e. The van der Waals surface area contributed by atoms with Gasteiger partial charge in [-0.05, 0) is 39.7 Å². The van der Waals surface area contributed by atoms with Gasteiger partial charge in [-0.1, -0.05) is 0 Å². The van der Waals surface area contributed by atoms with E-state index in [4.69, 9.17) is 0 Å². The summed E-state index contributed by atoms with van der Waals surface area (Å²) in [6.07, 6.45) is 4.75. The van der Waals surface area contributed by atoms with Crippen LogP contribution in [0.1, 0.15) is 36.4 Å². The standard InChI is InChI=1S/C17H29N7.HI/c1-7-18-17(19-9-15-10-20-23(5)11-15)21-12(2)8-16-13(3)22-24(6)14(16)4;/h10-12H,7-9H2,1-6H3,(H2,18,19,21);1H. The molecule has 2 aromatic rings. The van der Waals surface area contributed by atoms with Crippen LogP contribution in [-0.4, -0.2) is 38.1 Å². The highest BCUT2D eigenvalue weighted by Crippen LogP contribution is 2.14. The monoisotopic (exact) mass is 459 g/mol. The van der Waals surface area contributed by atoms with E-state index in [-0.39, 0.29) is 30.0 Å². The van der Waals surface area contributed by atoms with Gasteiger partial charge in [0.25, 0.3) is 0 Å². The highest BCUT2D eigenvalue weighted by molar-refractivity contribution is 14.0. The fourth-order valence-electron chi connectivity index (χ4n) is 2.75. The molecule has 2 aromatic heterocycles. The summed E-state index contributed by atoms with van der Waals surface area (Å²) in [5.74, 6) is 0.827. The second kappa shape index (κ2) is 9.79. The normalized spacial score (nSPS) is 12.6. The van der Waals surface area contributed by atoms with Crippen molar-refractivity contribution in [3.8, 4) is 0 Å². The van der Waals surface area contributed by atoms with Gasteiger partial charge in [-0.3, -0.25) is 9.36 Å². The molecule has 8 heteroatoms. The molecule has 0 spiro atoms. The van der Waals surface area contributed by atoms with E-state index in [1.54, 1.807) is 4.68 Å². The number of aryl methyl sites for hydroxylation is 3. The molecule has 1 unspecified atom stereocenters. The van der Waals surface area contributed by atoms with Gasteiger partial charge in [0.2, 0.25) is 0 Å². The molecule has 0 fully saturated rings.